The molecule has 0 unspecified atom stereocenters. The Bertz CT molecular complexity index is 783. The molecule has 0 fully saturated rings. The Morgan fingerprint density at radius 1 is 1.08 bits per heavy atom. The molecule has 24 heavy (non-hydrogen) atoms. The molecule has 4 heteroatoms. The molecular formula is C20H18N2O2. The fourth-order valence-electron chi connectivity index (χ4n) is 1.87. The Kier molecular flexibility index (Phi) is 5.93. The highest BCUT2D eigenvalue weighted by molar-refractivity contribution is 6.05. The molecule has 120 valence electrons. The van der Waals surface area contributed by atoms with Crippen molar-refractivity contribution in [2.24, 2.45) is 0 Å². The summed E-state index contributed by atoms with van der Waals surface area (Å²) in [5, 5.41) is 8.85. The molecule has 0 saturated heterocycles. The van der Waals surface area contributed by atoms with Crippen LogP contribution in [0.25, 0.3) is 6.08 Å². The van der Waals surface area contributed by atoms with E-state index in [2.05, 4.69) is 0 Å². The number of hydrogen-bond donors (Lipinski definition) is 0. The van der Waals surface area contributed by atoms with E-state index in [-0.39, 0.29) is 11.5 Å². The highest BCUT2D eigenvalue weighted by Gasteiger charge is 2.10. The van der Waals surface area contributed by atoms with Gasteiger partial charge in [-0.3, -0.25) is 4.79 Å². The molecule has 0 amide bonds. The van der Waals surface area contributed by atoms with E-state index < -0.39 is 0 Å². The largest absolute Gasteiger partial charge is 0.453 e. The van der Waals surface area contributed by atoms with Crippen LogP contribution in [0, 0.1) is 11.3 Å². The van der Waals surface area contributed by atoms with E-state index in [4.69, 9.17) is 10.00 Å². The summed E-state index contributed by atoms with van der Waals surface area (Å²) in [6, 6.07) is 18.2. The number of benzene rings is 2. The van der Waals surface area contributed by atoms with E-state index in [1.807, 2.05) is 50.5 Å². The molecule has 0 aromatic heterocycles. The van der Waals surface area contributed by atoms with Crippen LogP contribution in [0.4, 0.5) is 0 Å². The average molecular weight is 318 g/mol. The van der Waals surface area contributed by atoms with Crippen molar-refractivity contribution < 1.29 is 9.53 Å². The monoisotopic (exact) mass is 318 g/mol. The van der Waals surface area contributed by atoms with Crippen LogP contribution in [0.5, 0.6) is 5.75 Å². The third-order valence-corrected chi connectivity index (χ3v) is 3.08. The Morgan fingerprint density at radius 2 is 1.75 bits per heavy atom. The number of ketones is 1. The van der Waals surface area contributed by atoms with Gasteiger partial charge in [-0.2, -0.15) is 5.26 Å². The minimum absolute atomic E-state index is 0.212. The first kappa shape index (κ1) is 17.0. The van der Waals surface area contributed by atoms with Gasteiger partial charge in [-0.05, 0) is 35.9 Å². The van der Waals surface area contributed by atoms with Crippen molar-refractivity contribution in [1.29, 1.82) is 5.26 Å². The van der Waals surface area contributed by atoms with Crippen molar-refractivity contribution in [3.8, 4) is 11.8 Å². The molecule has 2 aromatic carbocycles. The van der Waals surface area contributed by atoms with Crippen molar-refractivity contribution in [1.82, 2.24) is 4.90 Å². The van der Waals surface area contributed by atoms with Crippen LogP contribution in [-0.2, 0) is 4.79 Å². The van der Waals surface area contributed by atoms with Crippen LogP contribution in [0.15, 0.2) is 72.6 Å². The first-order valence-electron chi connectivity index (χ1n) is 7.42. The number of carbonyl (C=O) groups excluding carboxylic acids is 1. The number of ether oxygens (including phenoxy) is 1. The zero-order valence-electron chi connectivity index (χ0n) is 13.6. The second-order valence-electron chi connectivity index (χ2n) is 5.30. The van der Waals surface area contributed by atoms with Gasteiger partial charge < -0.3 is 9.64 Å². The van der Waals surface area contributed by atoms with Gasteiger partial charge >= 0.3 is 0 Å². The minimum atomic E-state index is -0.239. The fourth-order valence-corrected chi connectivity index (χ4v) is 1.87. The van der Waals surface area contributed by atoms with Crippen molar-refractivity contribution in [2.45, 2.75) is 0 Å². The molecule has 0 bridgehead atoms. The average Bonchev–Trinajstić information content (AvgIpc) is 2.60. The fraction of sp³-hybridized carbons (Fsp3) is 0.100. The van der Waals surface area contributed by atoms with Gasteiger partial charge in [0.25, 0.3) is 0 Å². The van der Waals surface area contributed by atoms with E-state index in [1.165, 1.54) is 6.08 Å². The molecule has 0 heterocycles. The SMILES string of the molecule is CN(C)/C=C/C(=O)/C(=C/c1ccccc1)Oc1ccc(C#N)cc1. The second kappa shape index (κ2) is 8.35. The quantitative estimate of drug-likeness (QED) is 0.603. The lowest BCUT2D eigenvalue weighted by Gasteiger charge is -2.09. The highest BCUT2D eigenvalue weighted by atomic mass is 16.5. The summed E-state index contributed by atoms with van der Waals surface area (Å²) in [5.74, 6) is 0.476. The van der Waals surface area contributed by atoms with Gasteiger partial charge in [0.2, 0.25) is 5.78 Å². The van der Waals surface area contributed by atoms with E-state index in [0.29, 0.717) is 11.3 Å². The van der Waals surface area contributed by atoms with E-state index in [0.717, 1.165) is 5.56 Å². The molecular weight excluding hydrogens is 300 g/mol. The van der Waals surface area contributed by atoms with Gasteiger partial charge in [-0.1, -0.05) is 30.3 Å². The lowest BCUT2D eigenvalue weighted by molar-refractivity contribution is -0.113. The molecule has 2 aromatic rings. The second-order valence-corrected chi connectivity index (χ2v) is 5.30. The Hall–Kier alpha value is -3.32. The predicted molar refractivity (Wildman–Crippen MR) is 94.0 cm³/mol. The third-order valence-electron chi connectivity index (χ3n) is 3.08. The molecule has 0 aliphatic heterocycles. The molecule has 0 spiro atoms. The molecule has 0 aliphatic carbocycles. The third kappa shape index (κ3) is 5.15. The van der Waals surface area contributed by atoms with Crippen molar-refractivity contribution in [3.63, 3.8) is 0 Å². The van der Waals surface area contributed by atoms with Crippen LogP contribution < -0.4 is 4.74 Å². The maximum atomic E-state index is 12.4. The van der Waals surface area contributed by atoms with Gasteiger partial charge in [0.15, 0.2) is 5.76 Å². The number of hydrogen-bond acceptors (Lipinski definition) is 4. The highest BCUT2D eigenvalue weighted by Crippen LogP contribution is 2.18. The number of rotatable bonds is 6. The number of carbonyl (C=O) groups is 1. The van der Waals surface area contributed by atoms with Gasteiger partial charge in [-0.25, -0.2) is 0 Å². The van der Waals surface area contributed by atoms with Crippen LogP contribution in [0.3, 0.4) is 0 Å². The van der Waals surface area contributed by atoms with Crippen LogP contribution in [0.2, 0.25) is 0 Å². The Balaban J connectivity index is 2.29. The lowest BCUT2D eigenvalue weighted by Crippen LogP contribution is -2.09. The van der Waals surface area contributed by atoms with Crippen molar-refractivity contribution in [3.05, 3.63) is 83.8 Å². The zero-order chi connectivity index (χ0) is 17.4. The molecule has 2 rings (SSSR count). The maximum absolute atomic E-state index is 12.4. The smallest absolute Gasteiger partial charge is 0.222 e. The number of nitrogens with zero attached hydrogens (tertiary/aromatic N) is 2. The molecule has 0 atom stereocenters. The summed E-state index contributed by atoms with van der Waals surface area (Å²) in [6.45, 7) is 0. The van der Waals surface area contributed by atoms with Crippen LogP contribution in [0.1, 0.15) is 11.1 Å². The number of nitriles is 1. The van der Waals surface area contributed by atoms with E-state index in [1.54, 1.807) is 41.4 Å². The summed E-state index contributed by atoms with van der Waals surface area (Å²) >= 11 is 0. The Labute approximate surface area is 141 Å². The van der Waals surface area contributed by atoms with Crippen molar-refractivity contribution >= 4 is 11.9 Å². The summed E-state index contributed by atoms with van der Waals surface area (Å²) in [7, 11) is 3.68. The molecule has 4 nitrogen and oxygen atoms in total. The standard InChI is InChI=1S/C20H18N2O2/c1-22(2)13-12-19(23)20(14-16-6-4-3-5-7-16)24-18-10-8-17(15-21)9-11-18/h3-14H,1-2H3/b13-12+,20-14-. The molecule has 0 N–H and O–H groups in total. The van der Waals surface area contributed by atoms with Gasteiger partial charge in [0, 0.05) is 26.4 Å². The van der Waals surface area contributed by atoms with Gasteiger partial charge in [0.05, 0.1) is 11.6 Å². The lowest BCUT2D eigenvalue weighted by atomic mass is 10.1. The van der Waals surface area contributed by atoms with Gasteiger partial charge in [0.1, 0.15) is 5.75 Å². The summed E-state index contributed by atoms with van der Waals surface area (Å²) < 4.78 is 5.74. The number of allylic oxidation sites excluding steroid dienone is 1. The molecule has 0 saturated carbocycles. The molecule has 0 aliphatic rings. The summed E-state index contributed by atoms with van der Waals surface area (Å²) in [4.78, 5) is 14.2. The normalized spacial score (nSPS) is 11.1. The molecule has 0 radical (unpaired) electrons. The van der Waals surface area contributed by atoms with Crippen LogP contribution >= 0.6 is 0 Å². The van der Waals surface area contributed by atoms with E-state index in [9.17, 15) is 4.79 Å². The van der Waals surface area contributed by atoms with Crippen LogP contribution in [-0.4, -0.2) is 24.8 Å². The Morgan fingerprint density at radius 3 is 2.33 bits per heavy atom. The summed E-state index contributed by atoms with van der Waals surface area (Å²) in [5.41, 5.74) is 1.41. The topological polar surface area (TPSA) is 53.3 Å². The van der Waals surface area contributed by atoms with E-state index >= 15 is 0 Å². The van der Waals surface area contributed by atoms with Gasteiger partial charge in [-0.15, -0.1) is 0 Å². The summed E-state index contributed by atoms with van der Waals surface area (Å²) in [6.07, 6.45) is 4.82. The van der Waals surface area contributed by atoms with Crippen molar-refractivity contribution in [2.75, 3.05) is 14.1 Å². The minimum Gasteiger partial charge on any atom is -0.453 e. The maximum Gasteiger partial charge on any atom is 0.222 e. The zero-order valence-corrected chi connectivity index (χ0v) is 13.6. The predicted octanol–water partition coefficient (Wildman–Crippen LogP) is 3.62. The first-order valence-corrected chi connectivity index (χ1v) is 7.42. The first-order chi connectivity index (χ1) is 11.6.